The van der Waals surface area contributed by atoms with E-state index in [9.17, 15) is 19.7 Å². The van der Waals surface area contributed by atoms with Crippen molar-refractivity contribution in [2.45, 2.75) is 45.1 Å². The molecule has 0 aromatic heterocycles. The summed E-state index contributed by atoms with van der Waals surface area (Å²) in [6.45, 7) is 6.36. The van der Waals surface area contributed by atoms with E-state index in [-0.39, 0.29) is 23.9 Å². The zero-order valence-electron chi connectivity index (χ0n) is 17.1. The summed E-state index contributed by atoms with van der Waals surface area (Å²) in [5, 5.41) is 13.6. The molecule has 0 heterocycles. The Morgan fingerprint density at radius 3 is 2.31 bits per heavy atom. The number of amides is 1. The number of methoxy groups -OCH3 is 1. The molecular formula is C22H26N2O5. The van der Waals surface area contributed by atoms with E-state index >= 15 is 0 Å². The van der Waals surface area contributed by atoms with Crippen molar-refractivity contribution in [1.29, 1.82) is 0 Å². The summed E-state index contributed by atoms with van der Waals surface area (Å²) >= 11 is 0. The van der Waals surface area contributed by atoms with Crippen LogP contribution >= 0.6 is 0 Å². The van der Waals surface area contributed by atoms with Gasteiger partial charge in [0.1, 0.15) is 6.04 Å². The van der Waals surface area contributed by atoms with Crippen LogP contribution in [0.2, 0.25) is 0 Å². The van der Waals surface area contributed by atoms with Gasteiger partial charge in [0, 0.05) is 18.6 Å². The number of nitrogens with one attached hydrogen (secondary N) is 1. The molecule has 0 bridgehead atoms. The second-order valence-electron chi connectivity index (χ2n) is 7.90. The topological polar surface area (TPSA) is 98.5 Å². The van der Waals surface area contributed by atoms with Gasteiger partial charge in [-0.3, -0.25) is 14.9 Å². The lowest BCUT2D eigenvalue weighted by Gasteiger charge is -2.20. The molecule has 0 spiro atoms. The second kappa shape index (κ2) is 9.32. The number of hydrogen-bond donors (Lipinski definition) is 1. The number of ether oxygens (including phenoxy) is 1. The van der Waals surface area contributed by atoms with E-state index in [0.29, 0.717) is 5.56 Å². The first-order valence-corrected chi connectivity index (χ1v) is 9.30. The van der Waals surface area contributed by atoms with Crippen molar-refractivity contribution in [2.24, 2.45) is 0 Å². The van der Waals surface area contributed by atoms with E-state index in [4.69, 9.17) is 4.74 Å². The van der Waals surface area contributed by atoms with Gasteiger partial charge in [0.05, 0.1) is 18.5 Å². The number of esters is 1. The zero-order chi connectivity index (χ0) is 21.6. The van der Waals surface area contributed by atoms with E-state index in [1.54, 1.807) is 6.07 Å². The van der Waals surface area contributed by atoms with Gasteiger partial charge in [0.2, 0.25) is 5.91 Å². The Bertz CT molecular complexity index is 885. The van der Waals surface area contributed by atoms with Gasteiger partial charge in [0.15, 0.2) is 0 Å². The average Bonchev–Trinajstić information content (AvgIpc) is 2.66. The third kappa shape index (κ3) is 6.41. The van der Waals surface area contributed by atoms with Crippen LogP contribution in [0.1, 0.15) is 37.5 Å². The Balaban J connectivity index is 2.08. The summed E-state index contributed by atoms with van der Waals surface area (Å²) in [5.74, 6) is -0.954. The van der Waals surface area contributed by atoms with Gasteiger partial charge < -0.3 is 10.1 Å². The van der Waals surface area contributed by atoms with Crippen molar-refractivity contribution in [2.75, 3.05) is 7.11 Å². The number of benzene rings is 2. The second-order valence-corrected chi connectivity index (χ2v) is 7.90. The summed E-state index contributed by atoms with van der Waals surface area (Å²) in [6.07, 6.45) is 0.218. The summed E-state index contributed by atoms with van der Waals surface area (Å²) in [6, 6.07) is 12.9. The van der Waals surface area contributed by atoms with Crippen molar-refractivity contribution in [3.8, 4) is 0 Å². The highest BCUT2D eigenvalue weighted by atomic mass is 16.6. The fraction of sp³-hybridized carbons (Fsp3) is 0.364. The third-order valence-corrected chi connectivity index (χ3v) is 4.57. The van der Waals surface area contributed by atoms with E-state index < -0.39 is 22.8 Å². The fourth-order valence-corrected chi connectivity index (χ4v) is 2.92. The van der Waals surface area contributed by atoms with Crippen molar-refractivity contribution in [1.82, 2.24) is 5.32 Å². The van der Waals surface area contributed by atoms with Crippen LogP contribution in [0.15, 0.2) is 48.5 Å². The molecule has 1 amide bonds. The highest BCUT2D eigenvalue weighted by Gasteiger charge is 2.23. The summed E-state index contributed by atoms with van der Waals surface area (Å²) < 4.78 is 4.82. The molecule has 29 heavy (non-hydrogen) atoms. The van der Waals surface area contributed by atoms with E-state index in [1.807, 2.05) is 24.3 Å². The van der Waals surface area contributed by atoms with Crippen molar-refractivity contribution in [3.05, 3.63) is 75.3 Å². The summed E-state index contributed by atoms with van der Waals surface area (Å²) in [4.78, 5) is 34.9. The number of non-ortho nitro benzene ring substituents is 1. The first kappa shape index (κ1) is 22.1. The molecule has 0 aliphatic rings. The smallest absolute Gasteiger partial charge is 0.328 e. The number of carbonyl (C=O) groups excluding carboxylic acids is 2. The van der Waals surface area contributed by atoms with Crippen LogP contribution in [0.5, 0.6) is 0 Å². The highest BCUT2D eigenvalue weighted by Crippen LogP contribution is 2.22. The Morgan fingerprint density at radius 2 is 1.76 bits per heavy atom. The molecule has 0 radical (unpaired) electrons. The molecule has 1 atom stereocenters. The Labute approximate surface area is 170 Å². The van der Waals surface area contributed by atoms with Crippen LogP contribution in [-0.4, -0.2) is 30.0 Å². The van der Waals surface area contributed by atoms with Gasteiger partial charge in [-0.05, 0) is 22.1 Å². The lowest BCUT2D eigenvalue weighted by Crippen LogP contribution is -2.43. The first-order valence-electron chi connectivity index (χ1n) is 9.30. The molecule has 2 aromatic carbocycles. The van der Waals surface area contributed by atoms with Gasteiger partial charge in [-0.1, -0.05) is 57.2 Å². The average molecular weight is 398 g/mol. The monoisotopic (exact) mass is 398 g/mol. The number of nitrogens with zero attached hydrogens (tertiary/aromatic N) is 1. The predicted octanol–water partition coefficient (Wildman–Crippen LogP) is 3.34. The number of carbonyl (C=O) groups is 2. The summed E-state index contributed by atoms with van der Waals surface area (Å²) in [7, 11) is 1.27. The maximum Gasteiger partial charge on any atom is 0.328 e. The minimum Gasteiger partial charge on any atom is -0.467 e. The molecule has 7 heteroatoms. The molecule has 0 unspecified atom stereocenters. The standard InChI is InChI=1S/C22H26N2O5/c1-22(2,3)17-10-8-15(9-11-17)13-19(21(26)29-4)23-20(25)14-16-6-5-7-18(12-16)24(27)28/h5-12,19H,13-14H2,1-4H3,(H,23,25)/t19-/m0/s1. The van der Waals surface area contributed by atoms with Gasteiger partial charge in [-0.15, -0.1) is 0 Å². The summed E-state index contributed by atoms with van der Waals surface area (Å²) in [5.41, 5.74) is 2.50. The molecule has 0 aliphatic carbocycles. The molecule has 0 saturated heterocycles. The molecule has 0 saturated carbocycles. The van der Waals surface area contributed by atoms with E-state index in [0.717, 1.165) is 5.56 Å². The highest BCUT2D eigenvalue weighted by molar-refractivity contribution is 5.85. The zero-order valence-corrected chi connectivity index (χ0v) is 17.1. The third-order valence-electron chi connectivity index (χ3n) is 4.57. The molecule has 0 fully saturated rings. The van der Waals surface area contributed by atoms with Gasteiger partial charge >= 0.3 is 5.97 Å². The molecular weight excluding hydrogens is 372 g/mol. The minimum atomic E-state index is -0.841. The lowest BCUT2D eigenvalue weighted by atomic mass is 9.86. The van der Waals surface area contributed by atoms with Gasteiger partial charge in [0.25, 0.3) is 5.69 Å². The van der Waals surface area contributed by atoms with Crippen LogP contribution < -0.4 is 5.32 Å². The number of rotatable bonds is 7. The maximum atomic E-state index is 12.4. The van der Waals surface area contributed by atoms with Crippen LogP contribution in [-0.2, 0) is 32.6 Å². The quantitative estimate of drug-likeness (QED) is 0.438. The number of hydrogen-bond acceptors (Lipinski definition) is 5. The molecule has 2 aromatic rings. The lowest BCUT2D eigenvalue weighted by molar-refractivity contribution is -0.384. The molecule has 0 aliphatic heterocycles. The fourth-order valence-electron chi connectivity index (χ4n) is 2.92. The van der Waals surface area contributed by atoms with Gasteiger partial charge in [-0.2, -0.15) is 0 Å². The molecule has 1 N–H and O–H groups in total. The largest absolute Gasteiger partial charge is 0.467 e. The van der Waals surface area contributed by atoms with E-state index in [1.165, 1.54) is 30.9 Å². The number of nitro benzene ring substituents is 1. The Hall–Kier alpha value is -3.22. The van der Waals surface area contributed by atoms with Crippen LogP contribution in [0, 0.1) is 10.1 Å². The molecule has 154 valence electrons. The van der Waals surface area contributed by atoms with Crippen LogP contribution in [0.3, 0.4) is 0 Å². The van der Waals surface area contributed by atoms with Crippen LogP contribution in [0.25, 0.3) is 0 Å². The molecule has 2 rings (SSSR count). The first-order chi connectivity index (χ1) is 13.6. The SMILES string of the molecule is COC(=O)[C@H](Cc1ccc(C(C)(C)C)cc1)NC(=O)Cc1cccc([N+](=O)[O-])c1. The van der Waals surface area contributed by atoms with Crippen molar-refractivity contribution >= 4 is 17.6 Å². The maximum absolute atomic E-state index is 12.4. The van der Waals surface area contributed by atoms with Gasteiger partial charge in [-0.25, -0.2) is 4.79 Å². The normalized spacial score (nSPS) is 12.1. The Morgan fingerprint density at radius 1 is 1.10 bits per heavy atom. The van der Waals surface area contributed by atoms with Crippen LogP contribution in [0.4, 0.5) is 5.69 Å². The molecule has 7 nitrogen and oxygen atoms in total. The predicted molar refractivity (Wildman–Crippen MR) is 110 cm³/mol. The van der Waals surface area contributed by atoms with E-state index in [2.05, 4.69) is 26.1 Å². The van der Waals surface area contributed by atoms with Crippen molar-refractivity contribution < 1.29 is 19.2 Å². The van der Waals surface area contributed by atoms with Crippen molar-refractivity contribution in [3.63, 3.8) is 0 Å². The minimum absolute atomic E-state index is 0.0206. The Kier molecular flexibility index (Phi) is 7.09. The number of nitro groups is 1.